The van der Waals surface area contributed by atoms with Crippen molar-refractivity contribution in [1.82, 2.24) is 15.3 Å². The molecule has 0 radical (unpaired) electrons. The van der Waals surface area contributed by atoms with Gasteiger partial charge in [-0.3, -0.25) is 0 Å². The van der Waals surface area contributed by atoms with Crippen LogP contribution < -0.4 is 5.43 Å². The predicted molar refractivity (Wildman–Crippen MR) is 70.7 cm³/mol. The lowest BCUT2D eigenvalue weighted by Crippen LogP contribution is -2.51. The van der Waals surface area contributed by atoms with E-state index in [4.69, 9.17) is 4.42 Å². The molecule has 106 valence electrons. The number of hydrazine groups is 1. The molecule has 0 spiro atoms. The van der Waals surface area contributed by atoms with Gasteiger partial charge in [0.25, 0.3) is 0 Å². The number of piperazine rings is 1. The van der Waals surface area contributed by atoms with Crippen LogP contribution in [-0.4, -0.2) is 56.2 Å². The van der Waals surface area contributed by atoms with Crippen molar-refractivity contribution in [2.45, 2.75) is 13.0 Å². The van der Waals surface area contributed by atoms with Crippen LogP contribution in [0.2, 0.25) is 0 Å². The number of carbonyl (C=O) groups excluding carboxylic acids is 1. The smallest absolute Gasteiger partial charge is 0.373 e. The lowest BCUT2D eigenvalue weighted by molar-refractivity contribution is 0.0556. The van der Waals surface area contributed by atoms with Crippen LogP contribution in [0.3, 0.4) is 0 Å². The van der Waals surface area contributed by atoms with E-state index in [0.29, 0.717) is 0 Å². The fourth-order valence-corrected chi connectivity index (χ4v) is 2.07. The highest BCUT2D eigenvalue weighted by Gasteiger charge is 2.19. The summed E-state index contributed by atoms with van der Waals surface area (Å²) in [5.41, 5.74) is 3.39. The lowest BCUT2D eigenvalue weighted by atomic mass is 10.2. The Bertz CT molecular complexity index is 425. The van der Waals surface area contributed by atoms with Gasteiger partial charge in [0.15, 0.2) is 0 Å². The molecule has 0 saturated carbocycles. The molecule has 6 heteroatoms. The Morgan fingerprint density at radius 2 is 2.05 bits per heavy atom. The molecule has 1 fully saturated rings. The lowest BCUT2D eigenvalue weighted by Gasteiger charge is -2.34. The number of methoxy groups -OCH3 is 1. The largest absolute Gasteiger partial charge is 0.463 e. The topological polar surface area (TPSA) is 58.0 Å². The number of hydrogen-bond acceptors (Lipinski definition) is 6. The Morgan fingerprint density at radius 3 is 2.68 bits per heavy atom. The number of carbonyl (C=O) groups is 1. The van der Waals surface area contributed by atoms with E-state index < -0.39 is 5.97 Å². The summed E-state index contributed by atoms with van der Waals surface area (Å²) in [7, 11) is 3.46. The average Bonchev–Trinajstić information content (AvgIpc) is 2.90. The van der Waals surface area contributed by atoms with E-state index in [9.17, 15) is 4.79 Å². The highest BCUT2D eigenvalue weighted by Crippen LogP contribution is 2.17. The number of furan rings is 1. The number of esters is 1. The summed E-state index contributed by atoms with van der Waals surface area (Å²) in [5, 5.41) is 2.19. The summed E-state index contributed by atoms with van der Waals surface area (Å²) in [6, 6.07) is 3.48. The third-order valence-electron chi connectivity index (χ3n) is 3.32. The molecule has 2 heterocycles. The number of nitrogens with zero attached hydrogens (tertiary/aromatic N) is 2. The van der Waals surface area contributed by atoms with Crippen LogP contribution in [0, 0.1) is 0 Å². The molecular formula is C13H21N3O3. The van der Waals surface area contributed by atoms with Gasteiger partial charge in [0.05, 0.1) is 13.2 Å². The maximum atomic E-state index is 11.3. The van der Waals surface area contributed by atoms with Crippen LogP contribution in [0.25, 0.3) is 0 Å². The summed E-state index contributed by atoms with van der Waals surface area (Å²) >= 11 is 0. The van der Waals surface area contributed by atoms with Gasteiger partial charge in [-0.1, -0.05) is 0 Å². The maximum Gasteiger partial charge on any atom is 0.373 e. The van der Waals surface area contributed by atoms with Crippen molar-refractivity contribution in [2.24, 2.45) is 0 Å². The van der Waals surface area contributed by atoms with Crippen LogP contribution >= 0.6 is 0 Å². The van der Waals surface area contributed by atoms with Crippen molar-refractivity contribution in [3.05, 3.63) is 23.7 Å². The molecule has 1 saturated heterocycles. The van der Waals surface area contributed by atoms with E-state index in [-0.39, 0.29) is 11.8 Å². The van der Waals surface area contributed by atoms with E-state index in [2.05, 4.69) is 27.1 Å². The summed E-state index contributed by atoms with van der Waals surface area (Å²) < 4.78 is 10.1. The van der Waals surface area contributed by atoms with Gasteiger partial charge in [-0.25, -0.2) is 15.2 Å². The predicted octanol–water partition coefficient (Wildman–Crippen LogP) is 0.879. The van der Waals surface area contributed by atoms with Gasteiger partial charge in [0, 0.05) is 26.2 Å². The molecule has 1 aliphatic heterocycles. The van der Waals surface area contributed by atoms with Crippen LogP contribution in [0.5, 0.6) is 0 Å². The van der Waals surface area contributed by atoms with Gasteiger partial charge >= 0.3 is 5.97 Å². The molecule has 6 nitrogen and oxygen atoms in total. The third kappa shape index (κ3) is 3.56. The zero-order valence-corrected chi connectivity index (χ0v) is 11.7. The molecular weight excluding hydrogens is 246 g/mol. The normalized spacial score (nSPS) is 19.3. The first kappa shape index (κ1) is 14.0. The molecule has 1 aromatic rings. The van der Waals surface area contributed by atoms with Crippen LogP contribution in [0.4, 0.5) is 0 Å². The van der Waals surface area contributed by atoms with Crippen molar-refractivity contribution in [2.75, 3.05) is 40.3 Å². The Hall–Kier alpha value is -1.37. The summed E-state index contributed by atoms with van der Waals surface area (Å²) in [6.07, 6.45) is 0. The second-order valence-electron chi connectivity index (χ2n) is 4.83. The van der Waals surface area contributed by atoms with Gasteiger partial charge in [0.1, 0.15) is 5.76 Å². The van der Waals surface area contributed by atoms with Gasteiger partial charge in [0.2, 0.25) is 5.76 Å². The zero-order valence-electron chi connectivity index (χ0n) is 11.7. The fraction of sp³-hybridized carbons (Fsp3) is 0.615. The number of likely N-dealkylation sites (N-methyl/N-ethyl adjacent to an activating group) is 1. The van der Waals surface area contributed by atoms with E-state index in [1.165, 1.54) is 7.11 Å². The van der Waals surface area contributed by atoms with Gasteiger partial charge in [-0.05, 0) is 26.1 Å². The van der Waals surface area contributed by atoms with Crippen molar-refractivity contribution in [3.63, 3.8) is 0 Å². The second-order valence-corrected chi connectivity index (χ2v) is 4.83. The molecule has 1 aliphatic rings. The highest BCUT2D eigenvalue weighted by molar-refractivity contribution is 5.86. The van der Waals surface area contributed by atoms with Crippen molar-refractivity contribution >= 4 is 5.97 Å². The summed E-state index contributed by atoms with van der Waals surface area (Å²) in [5.74, 6) is 0.530. The van der Waals surface area contributed by atoms with E-state index >= 15 is 0 Å². The number of rotatable bonds is 4. The molecule has 1 aromatic heterocycles. The minimum Gasteiger partial charge on any atom is -0.463 e. The molecule has 0 aromatic carbocycles. The Morgan fingerprint density at radius 1 is 1.37 bits per heavy atom. The summed E-state index contributed by atoms with van der Waals surface area (Å²) in [6.45, 7) is 6.06. The molecule has 1 atom stereocenters. The molecule has 19 heavy (non-hydrogen) atoms. The van der Waals surface area contributed by atoms with E-state index in [1.54, 1.807) is 12.1 Å². The van der Waals surface area contributed by atoms with Gasteiger partial charge in [-0.15, -0.1) is 0 Å². The minimum atomic E-state index is -0.446. The Labute approximate surface area is 113 Å². The zero-order chi connectivity index (χ0) is 13.8. The SMILES string of the molecule is COC(=O)c1ccc(C(C)NN2CCN(C)CC2)o1. The highest BCUT2D eigenvalue weighted by atomic mass is 16.5. The van der Waals surface area contributed by atoms with Crippen molar-refractivity contribution in [3.8, 4) is 0 Å². The number of hydrogen-bond donors (Lipinski definition) is 1. The monoisotopic (exact) mass is 267 g/mol. The van der Waals surface area contributed by atoms with E-state index in [0.717, 1.165) is 31.9 Å². The number of nitrogens with one attached hydrogen (secondary N) is 1. The van der Waals surface area contributed by atoms with E-state index in [1.807, 2.05) is 6.92 Å². The van der Waals surface area contributed by atoms with Crippen molar-refractivity contribution in [1.29, 1.82) is 0 Å². The molecule has 1 unspecified atom stereocenters. The molecule has 0 amide bonds. The quantitative estimate of drug-likeness (QED) is 0.817. The van der Waals surface area contributed by atoms with Crippen LogP contribution in [0.15, 0.2) is 16.5 Å². The van der Waals surface area contributed by atoms with Crippen LogP contribution in [-0.2, 0) is 4.74 Å². The standard InChI is InChI=1S/C13H21N3O3/c1-10(14-16-8-6-15(2)7-9-16)11-4-5-12(19-11)13(17)18-3/h4-5,10,14H,6-9H2,1-3H3. The third-order valence-corrected chi connectivity index (χ3v) is 3.32. The molecule has 2 rings (SSSR count). The Balaban J connectivity index is 1.90. The first-order valence-corrected chi connectivity index (χ1v) is 6.48. The van der Waals surface area contributed by atoms with Crippen molar-refractivity contribution < 1.29 is 13.9 Å². The van der Waals surface area contributed by atoms with Gasteiger partial charge in [-0.2, -0.15) is 0 Å². The first-order chi connectivity index (χ1) is 9.10. The molecule has 1 N–H and O–H groups in total. The average molecular weight is 267 g/mol. The Kier molecular flexibility index (Phi) is 4.57. The fourth-order valence-electron chi connectivity index (χ4n) is 2.07. The van der Waals surface area contributed by atoms with Crippen LogP contribution in [0.1, 0.15) is 29.3 Å². The number of ether oxygens (including phenoxy) is 1. The van der Waals surface area contributed by atoms with Gasteiger partial charge < -0.3 is 14.1 Å². The molecule has 0 aliphatic carbocycles. The molecule has 0 bridgehead atoms. The second kappa shape index (κ2) is 6.18. The minimum absolute atomic E-state index is 0.0295. The summed E-state index contributed by atoms with van der Waals surface area (Å²) in [4.78, 5) is 13.6. The maximum absolute atomic E-state index is 11.3. The first-order valence-electron chi connectivity index (χ1n) is 6.48.